The van der Waals surface area contributed by atoms with Crippen LogP contribution in [-0.4, -0.2) is 21.0 Å². The minimum atomic E-state index is -0.546. The molecular formula is C26H23FN2O3S. The van der Waals surface area contributed by atoms with Crippen molar-refractivity contribution in [2.24, 2.45) is 5.41 Å². The SMILES string of the molecule is Cc1c(/C=c2/s/c(=C\C(=O)C(C)(C)C)[nH]c2=O)c2ccccn2c1C(=O)c1ccc(F)cc1. The molecule has 3 heterocycles. The average molecular weight is 463 g/mol. The van der Waals surface area contributed by atoms with E-state index in [0.717, 1.165) is 11.1 Å². The molecule has 3 aromatic heterocycles. The van der Waals surface area contributed by atoms with Gasteiger partial charge in [-0.3, -0.25) is 14.4 Å². The molecule has 0 bridgehead atoms. The molecule has 0 saturated carbocycles. The van der Waals surface area contributed by atoms with Crippen molar-refractivity contribution in [2.75, 3.05) is 0 Å². The number of benzene rings is 1. The van der Waals surface area contributed by atoms with Crippen LogP contribution in [0.4, 0.5) is 4.39 Å². The Bertz CT molecular complexity index is 1560. The number of carbonyl (C=O) groups is 2. The van der Waals surface area contributed by atoms with Crippen molar-refractivity contribution in [3.8, 4) is 0 Å². The molecule has 0 amide bonds. The van der Waals surface area contributed by atoms with E-state index in [9.17, 15) is 18.8 Å². The van der Waals surface area contributed by atoms with Gasteiger partial charge in [-0.2, -0.15) is 0 Å². The minimum absolute atomic E-state index is 0.0794. The number of pyridine rings is 1. The predicted octanol–water partition coefficient (Wildman–Crippen LogP) is 3.59. The van der Waals surface area contributed by atoms with E-state index in [1.165, 1.54) is 41.7 Å². The summed E-state index contributed by atoms with van der Waals surface area (Å²) in [7, 11) is 0. The summed E-state index contributed by atoms with van der Waals surface area (Å²) in [6, 6.07) is 11.0. The summed E-state index contributed by atoms with van der Waals surface area (Å²) in [4.78, 5) is 41.0. The van der Waals surface area contributed by atoms with Crippen LogP contribution in [0.1, 0.15) is 48.0 Å². The summed E-state index contributed by atoms with van der Waals surface area (Å²) < 4.78 is 16.0. The Morgan fingerprint density at radius 1 is 1.09 bits per heavy atom. The molecule has 4 aromatic rings. The van der Waals surface area contributed by atoms with E-state index in [1.807, 2.05) is 45.9 Å². The highest BCUT2D eigenvalue weighted by molar-refractivity contribution is 7.07. The number of H-pyrrole nitrogens is 1. The fraction of sp³-hybridized carbons (Fsp3) is 0.192. The number of aromatic nitrogens is 2. The first-order valence-corrected chi connectivity index (χ1v) is 11.2. The predicted molar refractivity (Wildman–Crippen MR) is 129 cm³/mol. The van der Waals surface area contributed by atoms with Gasteiger partial charge in [0, 0.05) is 28.8 Å². The zero-order chi connectivity index (χ0) is 23.9. The number of nitrogens with zero attached hydrogens (tertiary/aromatic N) is 1. The fourth-order valence-corrected chi connectivity index (χ4v) is 4.42. The Hall–Kier alpha value is -3.58. The van der Waals surface area contributed by atoms with Crippen molar-refractivity contribution >= 4 is 40.6 Å². The topological polar surface area (TPSA) is 71.4 Å². The van der Waals surface area contributed by atoms with Gasteiger partial charge in [-0.15, -0.1) is 11.3 Å². The molecule has 0 spiro atoms. The normalized spacial score (nSPS) is 13.1. The molecule has 0 fully saturated rings. The average Bonchev–Trinajstić information content (AvgIpc) is 3.24. The van der Waals surface area contributed by atoms with Gasteiger partial charge in [0.25, 0.3) is 5.56 Å². The third-order valence-corrected chi connectivity index (χ3v) is 6.38. The Morgan fingerprint density at radius 2 is 1.79 bits per heavy atom. The van der Waals surface area contributed by atoms with E-state index in [2.05, 4.69) is 4.98 Å². The molecule has 0 radical (unpaired) electrons. The molecule has 0 atom stereocenters. The lowest BCUT2D eigenvalue weighted by molar-refractivity contribution is -0.119. The summed E-state index contributed by atoms with van der Waals surface area (Å²) in [5, 5.41) is 0. The summed E-state index contributed by atoms with van der Waals surface area (Å²) in [5.41, 5.74) is 2.20. The van der Waals surface area contributed by atoms with Crippen LogP contribution in [0.2, 0.25) is 0 Å². The third-order valence-electron chi connectivity index (χ3n) is 5.41. The number of nitrogens with one attached hydrogen (secondary N) is 1. The van der Waals surface area contributed by atoms with Gasteiger partial charge in [-0.1, -0.05) is 26.8 Å². The number of Topliss-reactive ketones (excluding diaryl/α,β-unsaturated/α-hetero) is 1. The van der Waals surface area contributed by atoms with E-state index in [1.54, 1.807) is 16.7 Å². The highest BCUT2D eigenvalue weighted by atomic mass is 32.1. The van der Waals surface area contributed by atoms with Crippen molar-refractivity contribution in [2.45, 2.75) is 27.7 Å². The minimum Gasteiger partial charge on any atom is -0.313 e. The molecule has 0 aliphatic heterocycles. The van der Waals surface area contributed by atoms with E-state index in [4.69, 9.17) is 0 Å². The Morgan fingerprint density at radius 3 is 2.45 bits per heavy atom. The number of carbonyl (C=O) groups excluding carboxylic acids is 2. The van der Waals surface area contributed by atoms with E-state index >= 15 is 0 Å². The molecule has 0 aliphatic carbocycles. The lowest BCUT2D eigenvalue weighted by atomic mass is 9.91. The van der Waals surface area contributed by atoms with Crippen molar-refractivity contribution in [3.05, 3.63) is 96.4 Å². The molecule has 0 saturated heterocycles. The van der Waals surface area contributed by atoms with Crippen LogP contribution in [0.3, 0.4) is 0 Å². The molecule has 5 nitrogen and oxygen atoms in total. The first-order chi connectivity index (χ1) is 15.6. The number of thiazole rings is 1. The summed E-state index contributed by atoms with van der Waals surface area (Å²) in [6.07, 6.45) is 4.99. The first-order valence-electron chi connectivity index (χ1n) is 10.4. The van der Waals surface area contributed by atoms with E-state index < -0.39 is 11.2 Å². The van der Waals surface area contributed by atoms with Gasteiger partial charge in [0.1, 0.15) is 5.82 Å². The van der Waals surface area contributed by atoms with Gasteiger partial charge in [0.15, 0.2) is 5.78 Å². The summed E-state index contributed by atoms with van der Waals surface area (Å²) >= 11 is 1.20. The van der Waals surface area contributed by atoms with Crippen LogP contribution in [0, 0.1) is 18.2 Å². The van der Waals surface area contributed by atoms with Gasteiger partial charge < -0.3 is 9.38 Å². The summed E-state index contributed by atoms with van der Waals surface area (Å²) in [5.74, 6) is -0.728. The highest BCUT2D eigenvalue weighted by Gasteiger charge is 2.21. The third kappa shape index (κ3) is 4.36. The van der Waals surface area contributed by atoms with Gasteiger partial charge in [0.2, 0.25) is 5.78 Å². The maximum Gasteiger partial charge on any atom is 0.266 e. The van der Waals surface area contributed by atoms with Crippen molar-refractivity contribution in [1.29, 1.82) is 0 Å². The molecule has 0 aliphatic rings. The Kier molecular flexibility index (Phi) is 5.76. The largest absolute Gasteiger partial charge is 0.313 e. The molecule has 33 heavy (non-hydrogen) atoms. The van der Waals surface area contributed by atoms with Crippen LogP contribution in [0.15, 0.2) is 53.5 Å². The van der Waals surface area contributed by atoms with Crippen molar-refractivity contribution in [1.82, 2.24) is 9.38 Å². The molecule has 4 rings (SSSR count). The Balaban J connectivity index is 1.90. The molecule has 168 valence electrons. The second kappa shape index (κ2) is 8.41. The molecular weight excluding hydrogens is 439 g/mol. The molecule has 1 N–H and O–H groups in total. The number of hydrogen-bond acceptors (Lipinski definition) is 4. The maximum atomic E-state index is 13.3. The second-order valence-corrected chi connectivity index (χ2v) is 9.95. The van der Waals surface area contributed by atoms with Gasteiger partial charge in [0.05, 0.1) is 20.4 Å². The summed E-state index contributed by atoms with van der Waals surface area (Å²) in [6.45, 7) is 7.29. The van der Waals surface area contributed by atoms with Crippen LogP contribution >= 0.6 is 11.3 Å². The quantitative estimate of drug-likeness (QED) is 0.471. The number of aromatic amines is 1. The monoisotopic (exact) mass is 462 g/mol. The fourth-order valence-electron chi connectivity index (χ4n) is 3.55. The van der Waals surface area contributed by atoms with E-state index in [-0.39, 0.29) is 17.1 Å². The zero-order valence-corrected chi connectivity index (χ0v) is 19.5. The standard InChI is InChI=1S/C26H23FN2O3S/c1-15-18(13-20-25(32)28-22(33-20)14-21(30)26(2,3)4)19-7-5-6-12-29(19)23(15)24(31)16-8-10-17(27)11-9-16/h5-14H,1-4H3,(H,28,32)/b20-13+,22-14-. The molecule has 7 heteroatoms. The molecule has 1 aromatic carbocycles. The van der Waals surface area contributed by atoms with Crippen LogP contribution in [0.5, 0.6) is 0 Å². The number of hydrogen-bond donors (Lipinski definition) is 1. The smallest absolute Gasteiger partial charge is 0.266 e. The van der Waals surface area contributed by atoms with Crippen LogP contribution < -0.4 is 14.8 Å². The number of rotatable bonds is 4. The molecule has 0 unspecified atom stereocenters. The highest BCUT2D eigenvalue weighted by Crippen LogP contribution is 2.26. The zero-order valence-electron chi connectivity index (χ0n) is 18.7. The van der Waals surface area contributed by atoms with E-state index in [0.29, 0.717) is 26.0 Å². The maximum absolute atomic E-state index is 13.3. The number of halogens is 1. The number of ketones is 2. The van der Waals surface area contributed by atoms with Crippen molar-refractivity contribution < 1.29 is 14.0 Å². The number of fused-ring (bicyclic) bond motifs is 1. The Labute approximate surface area is 193 Å². The van der Waals surface area contributed by atoms with Gasteiger partial charge in [-0.25, -0.2) is 4.39 Å². The van der Waals surface area contributed by atoms with Crippen molar-refractivity contribution in [3.63, 3.8) is 0 Å². The first kappa shape index (κ1) is 22.6. The van der Waals surface area contributed by atoms with Crippen LogP contribution in [0.25, 0.3) is 17.7 Å². The lowest BCUT2D eigenvalue weighted by Crippen LogP contribution is -2.22. The second-order valence-electron chi connectivity index (χ2n) is 8.87. The lowest BCUT2D eigenvalue weighted by Gasteiger charge is -2.12. The van der Waals surface area contributed by atoms with Crippen LogP contribution in [-0.2, 0) is 4.79 Å². The van der Waals surface area contributed by atoms with Gasteiger partial charge in [-0.05, 0) is 55.0 Å². The van der Waals surface area contributed by atoms with Gasteiger partial charge >= 0.3 is 0 Å².